The largest absolute Gasteiger partial charge is 0.488 e. The highest BCUT2D eigenvalue weighted by molar-refractivity contribution is 9.10. The minimum Gasteiger partial charge on any atom is -0.488 e. The maximum Gasteiger partial charge on any atom is 0.331 e. The summed E-state index contributed by atoms with van der Waals surface area (Å²) in [5.41, 5.74) is 1.37. The summed E-state index contributed by atoms with van der Waals surface area (Å²) in [6.45, 7) is 0.263. The molecule has 0 aromatic heterocycles. The average molecular weight is 501 g/mol. The summed E-state index contributed by atoms with van der Waals surface area (Å²) in [5, 5.41) is 2.29. The van der Waals surface area contributed by atoms with Crippen LogP contribution in [0.25, 0.3) is 6.08 Å². The number of carbonyl (C=O) groups excluding carboxylic acids is 3. The van der Waals surface area contributed by atoms with Gasteiger partial charge in [0.2, 0.25) is 0 Å². The van der Waals surface area contributed by atoms with Gasteiger partial charge in [-0.25, -0.2) is 9.18 Å². The van der Waals surface area contributed by atoms with E-state index in [9.17, 15) is 18.8 Å². The van der Waals surface area contributed by atoms with Crippen molar-refractivity contribution < 1.29 is 23.5 Å². The van der Waals surface area contributed by atoms with Gasteiger partial charge in [0, 0.05) is 6.04 Å². The smallest absolute Gasteiger partial charge is 0.331 e. The molecule has 32 heavy (non-hydrogen) atoms. The van der Waals surface area contributed by atoms with Gasteiger partial charge in [-0.1, -0.05) is 37.5 Å². The van der Waals surface area contributed by atoms with Crippen LogP contribution in [-0.4, -0.2) is 28.8 Å². The molecule has 0 spiro atoms. The summed E-state index contributed by atoms with van der Waals surface area (Å²) in [4.78, 5) is 38.9. The van der Waals surface area contributed by atoms with Gasteiger partial charge < -0.3 is 4.74 Å². The SMILES string of the molecule is O=C1NC(=O)N(C2CCCCC2)C(=O)C1=Cc1ccc(OCc2ccc(F)cc2)c(Br)c1. The maximum atomic E-state index is 13.0. The van der Waals surface area contributed by atoms with Crippen LogP contribution < -0.4 is 10.1 Å². The third-order valence-corrected chi connectivity index (χ3v) is 6.27. The lowest BCUT2D eigenvalue weighted by Gasteiger charge is -2.35. The van der Waals surface area contributed by atoms with E-state index in [-0.39, 0.29) is 24.0 Å². The van der Waals surface area contributed by atoms with Crippen molar-refractivity contribution in [1.82, 2.24) is 10.2 Å². The number of nitrogens with one attached hydrogen (secondary N) is 1. The first kappa shape index (κ1) is 22.2. The van der Waals surface area contributed by atoms with E-state index in [2.05, 4.69) is 21.2 Å². The molecule has 8 heteroatoms. The molecule has 166 valence electrons. The number of hydrogen-bond acceptors (Lipinski definition) is 4. The molecule has 2 aliphatic rings. The van der Waals surface area contributed by atoms with Gasteiger partial charge in [-0.2, -0.15) is 0 Å². The summed E-state index contributed by atoms with van der Waals surface area (Å²) in [6, 6.07) is 10.4. The van der Waals surface area contributed by atoms with Crippen molar-refractivity contribution in [2.45, 2.75) is 44.8 Å². The second kappa shape index (κ2) is 9.65. The minimum absolute atomic E-state index is 0.0675. The highest BCUT2D eigenvalue weighted by Crippen LogP contribution is 2.29. The van der Waals surface area contributed by atoms with Crippen LogP contribution in [0.3, 0.4) is 0 Å². The molecule has 1 aliphatic heterocycles. The van der Waals surface area contributed by atoms with Gasteiger partial charge >= 0.3 is 6.03 Å². The predicted molar refractivity (Wildman–Crippen MR) is 120 cm³/mol. The molecule has 4 amide bonds. The lowest BCUT2D eigenvalue weighted by Crippen LogP contribution is -2.58. The van der Waals surface area contributed by atoms with Crippen molar-refractivity contribution in [2.75, 3.05) is 0 Å². The van der Waals surface area contributed by atoms with Crippen LogP contribution in [0.15, 0.2) is 52.5 Å². The number of ether oxygens (including phenoxy) is 1. The number of nitrogens with zero attached hydrogens (tertiary/aromatic N) is 1. The predicted octanol–water partition coefficient (Wildman–Crippen LogP) is 4.96. The molecule has 6 nitrogen and oxygen atoms in total. The molecular weight excluding hydrogens is 479 g/mol. The topological polar surface area (TPSA) is 75.7 Å². The highest BCUT2D eigenvalue weighted by Gasteiger charge is 2.40. The third-order valence-electron chi connectivity index (χ3n) is 5.65. The standard InChI is InChI=1S/C24H22BrFN2O4/c25-20-13-16(8-11-21(20)32-14-15-6-9-17(26)10-7-15)12-19-22(29)27-24(31)28(23(19)30)18-4-2-1-3-5-18/h6-13,18H,1-5,14H2,(H,27,29,31). The first-order valence-electron chi connectivity index (χ1n) is 10.5. The van der Waals surface area contributed by atoms with E-state index < -0.39 is 17.8 Å². The van der Waals surface area contributed by atoms with Crippen molar-refractivity contribution in [1.29, 1.82) is 0 Å². The number of rotatable bonds is 5. The summed E-state index contributed by atoms with van der Waals surface area (Å²) in [5.74, 6) is -0.995. The van der Waals surface area contributed by atoms with Gasteiger partial charge in [0.25, 0.3) is 11.8 Å². The van der Waals surface area contributed by atoms with E-state index >= 15 is 0 Å². The van der Waals surface area contributed by atoms with Gasteiger partial charge in [-0.3, -0.25) is 19.8 Å². The van der Waals surface area contributed by atoms with Crippen molar-refractivity contribution in [2.24, 2.45) is 0 Å². The van der Waals surface area contributed by atoms with E-state index in [1.165, 1.54) is 23.1 Å². The van der Waals surface area contributed by atoms with E-state index in [1.54, 1.807) is 30.3 Å². The van der Waals surface area contributed by atoms with Crippen molar-refractivity contribution in [3.05, 3.63) is 69.5 Å². The number of carbonyl (C=O) groups is 3. The Morgan fingerprint density at radius 3 is 2.47 bits per heavy atom. The number of imide groups is 2. The molecule has 0 atom stereocenters. The quantitative estimate of drug-likeness (QED) is 0.464. The Hall–Kier alpha value is -3.00. The van der Waals surface area contributed by atoms with Crippen molar-refractivity contribution in [3.8, 4) is 5.75 Å². The zero-order valence-corrected chi connectivity index (χ0v) is 18.9. The molecule has 1 saturated carbocycles. The van der Waals surface area contributed by atoms with Crippen LogP contribution in [-0.2, 0) is 16.2 Å². The molecule has 2 aromatic carbocycles. The minimum atomic E-state index is -0.695. The molecule has 0 radical (unpaired) electrons. The molecule has 0 unspecified atom stereocenters. The summed E-state index contributed by atoms with van der Waals surface area (Å²) >= 11 is 3.45. The Morgan fingerprint density at radius 2 is 1.78 bits per heavy atom. The molecule has 2 fully saturated rings. The van der Waals surface area contributed by atoms with Gasteiger partial charge in [-0.05, 0) is 70.2 Å². The second-order valence-electron chi connectivity index (χ2n) is 7.89. The molecule has 1 heterocycles. The van der Waals surface area contributed by atoms with Crippen LogP contribution in [0.5, 0.6) is 5.75 Å². The fourth-order valence-electron chi connectivity index (χ4n) is 3.97. The molecule has 0 bridgehead atoms. The number of amides is 4. The molecule has 1 saturated heterocycles. The van der Waals surface area contributed by atoms with Gasteiger partial charge in [0.05, 0.1) is 4.47 Å². The van der Waals surface area contributed by atoms with Gasteiger partial charge in [0.1, 0.15) is 23.7 Å². The number of hydrogen-bond donors (Lipinski definition) is 1. The zero-order chi connectivity index (χ0) is 22.7. The average Bonchev–Trinajstić information content (AvgIpc) is 2.78. The first-order chi connectivity index (χ1) is 15.4. The number of halogens is 2. The van der Waals surface area contributed by atoms with Crippen LogP contribution >= 0.6 is 15.9 Å². The van der Waals surface area contributed by atoms with E-state index in [0.717, 1.165) is 37.7 Å². The van der Waals surface area contributed by atoms with Gasteiger partial charge in [-0.15, -0.1) is 0 Å². The lowest BCUT2D eigenvalue weighted by atomic mass is 9.93. The number of urea groups is 1. The fourth-order valence-corrected chi connectivity index (χ4v) is 4.49. The Kier molecular flexibility index (Phi) is 6.69. The Balaban J connectivity index is 1.50. The molecule has 4 rings (SSSR count). The Morgan fingerprint density at radius 1 is 1.06 bits per heavy atom. The molecule has 1 aliphatic carbocycles. The fraction of sp³-hybridized carbons (Fsp3) is 0.292. The summed E-state index contributed by atoms with van der Waals surface area (Å²) < 4.78 is 19.4. The zero-order valence-electron chi connectivity index (χ0n) is 17.3. The molecule has 1 N–H and O–H groups in total. The van der Waals surface area contributed by atoms with Crippen LogP contribution in [0.4, 0.5) is 9.18 Å². The van der Waals surface area contributed by atoms with Crippen LogP contribution in [0.2, 0.25) is 0 Å². The maximum absolute atomic E-state index is 13.0. The van der Waals surface area contributed by atoms with E-state index in [4.69, 9.17) is 4.74 Å². The third kappa shape index (κ3) is 4.91. The van der Waals surface area contributed by atoms with Gasteiger partial charge in [0.15, 0.2) is 0 Å². The van der Waals surface area contributed by atoms with E-state index in [1.807, 2.05) is 0 Å². The number of benzene rings is 2. The van der Waals surface area contributed by atoms with E-state index in [0.29, 0.717) is 15.8 Å². The van der Waals surface area contributed by atoms with Crippen LogP contribution in [0.1, 0.15) is 43.2 Å². The Bertz CT molecular complexity index is 1080. The molecule has 2 aromatic rings. The Labute approximate surface area is 193 Å². The lowest BCUT2D eigenvalue weighted by molar-refractivity contribution is -0.132. The molecular formula is C24H22BrFN2O4. The van der Waals surface area contributed by atoms with Crippen LogP contribution in [0, 0.1) is 5.82 Å². The normalized spacial score (nSPS) is 18.8. The monoisotopic (exact) mass is 500 g/mol. The first-order valence-corrected chi connectivity index (χ1v) is 11.3. The second-order valence-corrected chi connectivity index (χ2v) is 8.74. The number of barbiturate groups is 1. The highest BCUT2D eigenvalue weighted by atomic mass is 79.9. The van der Waals surface area contributed by atoms with Crippen molar-refractivity contribution >= 4 is 39.9 Å². The summed E-state index contributed by atoms with van der Waals surface area (Å²) in [7, 11) is 0. The van der Waals surface area contributed by atoms with Crippen molar-refractivity contribution in [3.63, 3.8) is 0 Å². The summed E-state index contributed by atoms with van der Waals surface area (Å²) in [6.07, 6.45) is 6.00.